The third kappa shape index (κ3) is 3.76. The van der Waals surface area contributed by atoms with Crippen LogP contribution in [0.3, 0.4) is 0 Å². The molecule has 0 saturated carbocycles. The third-order valence-corrected chi connectivity index (χ3v) is 5.48. The fourth-order valence-electron chi connectivity index (χ4n) is 3.74. The number of nitrogens with zero attached hydrogens (tertiary/aromatic N) is 2. The first-order chi connectivity index (χ1) is 15.1. The Morgan fingerprint density at radius 2 is 2.03 bits per heavy atom. The molecule has 0 radical (unpaired) electrons. The summed E-state index contributed by atoms with van der Waals surface area (Å²) in [5.41, 5.74) is 1.97. The molecule has 0 amide bonds. The summed E-state index contributed by atoms with van der Waals surface area (Å²) in [5, 5.41) is 0. The van der Waals surface area contributed by atoms with Gasteiger partial charge in [-0.2, -0.15) is 8.78 Å². The molecule has 1 aromatic carbocycles. The number of fused-ring (bicyclic) bond motifs is 1. The van der Waals surface area contributed by atoms with Gasteiger partial charge < -0.3 is 24.8 Å². The summed E-state index contributed by atoms with van der Waals surface area (Å²) < 4.78 is 96.6. The summed E-state index contributed by atoms with van der Waals surface area (Å²) in [6.45, 7) is -2.37. The van der Waals surface area contributed by atoms with Gasteiger partial charge in [-0.05, 0) is 24.3 Å². The zero-order valence-corrected chi connectivity index (χ0v) is 16.5. The second-order valence-electron chi connectivity index (χ2n) is 7.66. The Morgan fingerprint density at radius 1 is 1.25 bits per heavy atom. The number of benzene rings is 1. The molecular formula is C20H19F6N3O3. The third-order valence-electron chi connectivity index (χ3n) is 5.48. The number of nitrogens with two attached hydrogens (primary N) is 1. The van der Waals surface area contributed by atoms with E-state index in [1.165, 1.54) is 29.3 Å². The monoisotopic (exact) mass is 463 g/mol. The van der Waals surface area contributed by atoms with Crippen LogP contribution >= 0.6 is 0 Å². The van der Waals surface area contributed by atoms with Crippen molar-refractivity contribution in [3.05, 3.63) is 53.7 Å². The smallest absolute Gasteiger partial charge is 0.340 e. The SMILES string of the molecule is NC1=N[C@@]2(c3cc(N4C=C(OCC(F)(F)C(F)F)C=CC4)ccc3F)COC[C@@]2(F)CO1. The number of allylic oxidation sites excluding steroid dienone is 1. The zero-order valence-electron chi connectivity index (χ0n) is 16.5. The summed E-state index contributed by atoms with van der Waals surface area (Å²) in [5.74, 6) is -5.16. The maximum Gasteiger partial charge on any atom is 0.340 e. The Bertz CT molecular complexity index is 985. The van der Waals surface area contributed by atoms with Crippen molar-refractivity contribution in [2.75, 3.05) is 37.9 Å². The van der Waals surface area contributed by atoms with Gasteiger partial charge in [0.2, 0.25) is 0 Å². The molecule has 1 fully saturated rings. The quantitative estimate of drug-likeness (QED) is 0.657. The van der Waals surface area contributed by atoms with E-state index in [1.807, 2.05) is 0 Å². The summed E-state index contributed by atoms with van der Waals surface area (Å²) in [6, 6.07) is 3.54. The highest BCUT2D eigenvalue weighted by molar-refractivity contribution is 5.74. The van der Waals surface area contributed by atoms with Crippen LogP contribution in [0.25, 0.3) is 0 Å². The van der Waals surface area contributed by atoms with Crippen molar-refractivity contribution in [2.45, 2.75) is 23.6 Å². The molecular weight excluding hydrogens is 444 g/mol. The molecule has 0 spiro atoms. The van der Waals surface area contributed by atoms with Crippen molar-refractivity contribution in [3.8, 4) is 0 Å². The molecule has 3 aliphatic rings. The highest BCUT2D eigenvalue weighted by Crippen LogP contribution is 2.48. The molecule has 12 heteroatoms. The summed E-state index contributed by atoms with van der Waals surface area (Å²) in [7, 11) is 0. The molecule has 32 heavy (non-hydrogen) atoms. The van der Waals surface area contributed by atoms with E-state index >= 15 is 4.39 Å². The van der Waals surface area contributed by atoms with Crippen LogP contribution in [0, 0.1) is 5.82 Å². The Balaban J connectivity index is 1.64. The number of halogens is 6. The van der Waals surface area contributed by atoms with Gasteiger partial charge in [0, 0.05) is 24.0 Å². The number of ether oxygens (including phenoxy) is 3. The molecule has 3 aliphatic heterocycles. The van der Waals surface area contributed by atoms with Crippen LogP contribution in [0.5, 0.6) is 0 Å². The standard InChI is InChI=1S/C20H19F6N3O3/c21-15-4-3-12(29-5-1-2-13(7-29)31-11-20(25,26)16(22)23)6-14(15)19-10-30-8-18(19,24)9-32-17(27)28-19/h1-4,6-7,16H,5,8-11H2,(H2,27,28)/t18-,19-/m1/s1. The molecule has 1 aromatic rings. The number of rotatable bonds is 6. The first-order valence-corrected chi connectivity index (χ1v) is 9.55. The van der Waals surface area contributed by atoms with Crippen molar-refractivity contribution >= 4 is 11.7 Å². The maximum atomic E-state index is 15.6. The minimum Gasteiger partial charge on any atom is -0.486 e. The molecule has 174 valence electrons. The molecule has 3 heterocycles. The van der Waals surface area contributed by atoms with Crippen LogP contribution in [0.4, 0.5) is 32.0 Å². The molecule has 0 bridgehead atoms. The zero-order chi connectivity index (χ0) is 23.1. The lowest BCUT2D eigenvalue weighted by atomic mass is 9.78. The molecule has 0 unspecified atom stereocenters. The average molecular weight is 463 g/mol. The molecule has 0 aliphatic carbocycles. The second kappa shape index (κ2) is 7.91. The van der Waals surface area contributed by atoms with E-state index in [-0.39, 0.29) is 37.1 Å². The van der Waals surface area contributed by atoms with Crippen molar-refractivity contribution in [3.63, 3.8) is 0 Å². The fraction of sp³-hybridized carbons (Fsp3) is 0.450. The molecule has 1 saturated heterocycles. The van der Waals surface area contributed by atoms with Gasteiger partial charge in [-0.25, -0.2) is 22.6 Å². The van der Waals surface area contributed by atoms with Crippen LogP contribution in [0.15, 0.2) is 47.3 Å². The van der Waals surface area contributed by atoms with E-state index < -0.39 is 42.6 Å². The van der Waals surface area contributed by atoms with E-state index in [2.05, 4.69) is 4.99 Å². The largest absolute Gasteiger partial charge is 0.486 e. The summed E-state index contributed by atoms with van der Waals surface area (Å²) in [4.78, 5) is 5.56. The topological polar surface area (TPSA) is 69.3 Å². The lowest BCUT2D eigenvalue weighted by Gasteiger charge is -2.39. The highest BCUT2D eigenvalue weighted by Gasteiger charge is 2.62. The molecule has 6 nitrogen and oxygen atoms in total. The van der Waals surface area contributed by atoms with Gasteiger partial charge in [0.1, 0.15) is 18.2 Å². The Morgan fingerprint density at radius 3 is 2.78 bits per heavy atom. The number of alkyl halides is 5. The fourth-order valence-corrected chi connectivity index (χ4v) is 3.74. The van der Waals surface area contributed by atoms with Gasteiger partial charge in [-0.1, -0.05) is 6.08 Å². The van der Waals surface area contributed by atoms with E-state index in [0.717, 1.165) is 6.07 Å². The van der Waals surface area contributed by atoms with Crippen LogP contribution in [-0.2, 0) is 19.7 Å². The van der Waals surface area contributed by atoms with Crippen molar-refractivity contribution in [1.29, 1.82) is 0 Å². The van der Waals surface area contributed by atoms with Crippen LogP contribution in [0.1, 0.15) is 5.56 Å². The lowest BCUT2D eigenvalue weighted by Crippen LogP contribution is -2.55. The maximum absolute atomic E-state index is 15.6. The minimum atomic E-state index is -4.31. The number of aliphatic imine (C=N–C) groups is 1. The molecule has 2 N–H and O–H groups in total. The van der Waals surface area contributed by atoms with Crippen molar-refractivity contribution in [2.24, 2.45) is 10.7 Å². The Hall–Kier alpha value is -2.89. The molecule has 4 rings (SSSR count). The van der Waals surface area contributed by atoms with E-state index in [0.29, 0.717) is 5.69 Å². The number of hydrogen-bond acceptors (Lipinski definition) is 6. The second-order valence-corrected chi connectivity index (χ2v) is 7.66. The van der Waals surface area contributed by atoms with E-state index in [1.54, 1.807) is 6.08 Å². The predicted molar refractivity (Wildman–Crippen MR) is 102 cm³/mol. The van der Waals surface area contributed by atoms with E-state index in [9.17, 15) is 22.0 Å². The van der Waals surface area contributed by atoms with Gasteiger partial charge in [-0.15, -0.1) is 0 Å². The predicted octanol–water partition coefficient (Wildman–Crippen LogP) is 3.24. The minimum absolute atomic E-state index is 0.0991. The summed E-state index contributed by atoms with van der Waals surface area (Å²) >= 11 is 0. The van der Waals surface area contributed by atoms with Gasteiger partial charge in [-0.3, -0.25) is 0 Å². The van der Waals surface area contributed by atoms with Gasteiger partial charge in [0.25, 0.3) is 6.02 Å². The van der Waals surface area contributed by atoms with Crippen molar-refractivity contribution in [1.82, 2.24) is 0 Å². The van der Waals surface area contributed by atoms with Crippen LogP contribution in [0.2, 0.25) is 0 Å². The molecule has 2 atom stereocenters. The van der Waals surface area contributed by atoms with Crippen LogP contribution in [-0.4, -0.2) is 57.0 Å². The number of amidine groups is 1. The summed E-state index contributed by atoms with van der Waals surface area (Å²) in [6.07, 6.45) is 0.320. The molecule has 0 aromatic heterocycles. The van der Waals surface area contributed by atoms with Gasteiger partial charge >= 0.3 is 12.3 Å². The Kier molecular flexibility index (Phi) is 5.51. The first-order valence-electron chi connectivity index (χ1n) is 9.55. The normalized spacial score (nSPS) is 27.7. The number of hydrogen-bond donors (Lipinski definition) is 1. The van der Waals surface area contributed by atoms with Gasteiger partial charge in [0.05, 0.1) is 13.2 Å². The number of anilines is 1. The Labute approximate surface area is 178 Å². The lowest BCUT2D eigenvalue weighted by molar-refractivity contribution is -0.157. The van der Waals surface area contributed by atoms with Gasteiger partial charge in [0.15, 0.2) is 17.8 Å². The average Bonchev–Trinajstić information content (AvgIpc) is 3.10. The van der Waals surface area contributed by atoms with Crippen molar-refractivity contribution < 1.29 is 40.6 Å². The highest BCUT2D eigenvalue weighted by atomic mass is 19.3. The van der Waals surface area contributed by atoms with E-state index in [4.69, 9.17) is 19.9 Å². The van der Waals surface area contributed by atoms with Crippen LogP contribution < -0.4 is 10.6 Å². The first kappa shape index (κ1) is 22.3.